The number of nitrogens with one attached hydrogen (secondary N) is 2. The zero-order chi connectivity index (χ0) is 76.2. The van der Waals surface area contributed by atoms with Gasteiger partial charge in [0.2, 0.25) is 20.8 Å². The summed E-state index contributed by atoms with van der Waals surface area (Å²) in [6, 6.07) is 0. The molecule has 17 atom stereocenters. The van der Waals surface area contributed by atoms with Crippen molar-refractivity contribution >= 4 is 53.3 Å². The number of carboxylic acid groups (broad SMARTS) is 2. The molecule has 0 amide bonds. The minimum atomic E-state index is -5.48. The molecule has 0 radical (unpaired) electrons. The summed E-state index contributed by atoms with van der Waals surface area (Å²) in [6.45, 7) is 31.0. The normalized spacial score (nSPS) is 41.5. The second-order valence-corrected chi connectivity index (χ2v) is 36.7. The van der Waals surface area contributed by atoms with Crippen molar-refractivity contribution in [3.05, 3.63) is 0 Å². The number of carbonyl (C=O) groups excluding carboxylic acids is 2. The molecule has 31 nitrogen and oxygen atoms in total. The Morgan fingerprint density at radius 3 is 0.990 bits per heavy atom. The Morgan fingerprint density at radius 2 is 0.670 bits per heavy atom. The van der Waals surface area contributed by atoms with Crippen LogP contribution in [0.4, 0.5) is 0 Å². The molecule has 0 spiro atoms. The number of aliphatic hydroxyl groups is 3. The van der Waals surface area contributed by atoms with Gasteiger partial charge in [-0.15, -0.1) is 0 Å². The number of methoxy groups -OCH3 is 1. The molecule has 0 aromatic heterocycles. The number of hydrogen-bond acceptors (Lipinski definition) is 29. The van der Waals surface area contributed by atoms with Crippen molar-refractivity contribution < 1.29 is 311 Å². The number of rotatable bonds is 32. The van der Waals surface area contributed by atoms with E-state index in [1.54, 1.807) is 69.2 Å². The van der Waals surface area contributed by atoms with Crippen molar-refractivity contribution in [2.75, 3.05) is 66.6 Å². The van der Waals surface area contributed by atoms with Crippen LogP contribution in [0.25, 0.3) is 0 Å². The molecule has 4 saturated heterocycles. The Hall–Kier alpha value is 3.98. The van der Waals surface area contributed by atoms with Crippen molar-refractivity contribution in [1.82, 2.24) is 9.44 Å². The van der Waals surface area contributed by atoms with Crippen molar-refractivity contribution in [2.24, 2.45) is 37.9 Å². The van der Waals surface area contributed by atoms with Crippen LogP contribution < -0.4 is 197 Å². The third kappa shape index (κ3) is 18.9. The van der Waals surface area contributed by atoms with Crippen LogP contribution in [-0.4, -0.2) is 218 Å². The zero-order valence-electron chi connectivity index (χ0n) is 67.2. The van der Waals surface area contributed by atoms with Crippen LogP contribution in [0.3, 0.4) is 0 Å². The molecule has 0 bridgehead atoms. The maximum absolute atomic E-state index is 13.7. The molecule has 4 aliphatic heterocycles. The summed E-state index contributed by atoms with van der Waals surface area (Å²) < 4.78 is 214. The van der Waals surface area contributed by atoms with Crippen LogP contribution in [0.1, 0.15) is 205 Å². The smallest absolute Gasteiger partial charge is 0.735 e. The number of carboxylic acids is 2. The van der Waals surface area contributed by atoms with Gasteiger partial charge in [0.25, 0.3) is 0 Å². The van der Waals surface area contributed by atoms with Crippen LogP contribution in [0.15, 0.2) is 0 Å². The average molecular weight is 1610 g/mol. The van der Waals surface area contributed by atoms with Crippen LogP contribution >= 0.6 is 0 Å². The zero-order valence-corrected chi connectivity index (χ0v) is 82.5. The molecule has 4 aliphatic rings. The first-order chi connectivity index (χ1) is 42.8. The molecule has 4 rings (SSSR count). The minimum Gasteiger partial charge on any atom is -0.735 e. The number of ether oxygens (including phenoxy) is 8. The van der Waals surface area contributed by atoms with Crippen LogP contribution in [0, 0.1) is 37.9 Å². The van der Waals surface area contributed by atoms with Crippen molar-refractivity contribution in [1.29, 1.82) is 0 Å². The van der Waals surface area contributed by atoms with Gasteiger partial charge in [-0.05, 0) is 127 Å². The molecular formula is C62H110N2Na6O29S4. The Labute approximate surface area is 745 Å². The fourth-order valence-electron chi connectivity index (χ4n) is 17.4. The summed E-state index contributed by atoms with van der Waals surface area (Å²) in [5.74, 6) is -3.39. The molecular weight excluding hydrogens is 1500 g/mol. The monoisotopic (exact) mass is 1610 g/mol. The maximum atomic E-state index is 13.7. The Kier molecular flexibility index (Phi) is 38.5. The third-order valence-corrected chi connectivity index (χ3v) is 30.0. The Bertz CT molecular complexity index is 3420. The number of aliphatic carboxylic acids is 2. The fraction of sp³-hybridized carbons (Fsp3) is 0.968. The van der Waals surface area contributed by atoms with Gasteiger partial charge < -0.3 is 91.2 Å². The summed E-state index contributed by atoms with van der Waals surface area (Å²) in [5.41, 5.74) is -36.5. The third-order valence-electron chi connectivity index (χ3n) is 27.8. The van der Waals surface area contributed by atoms with E-state index in [2.05, 4.69) is 9.44 Å². The van der Waals surface area contributed by atoms with Crippen LogP contribution in [0.5, 0.6) is 0 Å². The first-order valence-corrected chi connectivity index (χ1v) is 37.6. The summed E-state index contributed by atoms with van der Waals surface area (Å²) in [6.07, 6.45) is -0.939. The average Bonchev–Trinajstić information content (AvgIpc) is 0.702. The SMILES string of the molecule is CCC1(C)C(C)(C(=O)[O-])OC(C)(CCOCCC2(C)C(C)(COS(=O)(=O)[O-])OC(C)(COCCC3(C)C(C)(C(=O)[O-])OC(C)(CCOCCC4(C)C(C)(COS(=O)(=O)[O-])OC(C)(COC)C(C)(NS(=O)(=O)[O-])C4(C)C)C(C)(C)C3(C)O)C(C)(NS(=O)(=O)[O-])C2(C)C)C(C)(O)C1(C)O.[Na+].[Na+].[Na+].[Na+].[Na+].[Na+]. The topological polar surface area (TPSA) is 486 Å². The number of carbonyl (C=O) groups is 2. The van der Waals surface area contributed by atoms with E-state index in [-0.39, 0.29) is 249 Å². The van der Waals surface area contributed by atoms with E-state index in [4.69, 9.17) is 46.3 Å². The molecule has 572 valence electrons. The van der Waals surface area contributed by atoms with Crippen molar-refractivity contribution in [2.45, 2.75) is 277 Å². The van der Waals surface area contributed by atoms with E-state index < -0.39 is 190 Å². The molecule has 17 unspecified atom stereocenters. The first kappa shape index (κ1) is 111. The van der Waals surface area contributed by atoms with Crippen LogP contribution in [-0.2, 0) is 97.3 Å². The molecule has 0 aromatic carbocycles. The van der Waals surface area contributed by atoms with Gasteiger partial charge in [-0.25, -0.2) is 43.1 Å². The summed E-state index contributed by atoms with van der Waals surface area (Å²) in [4.78, 5) is 26.5. The minimum absolute atomic E-state index is 0. The van der Waals surface area contributed by atoms with E-state index in [1.807, 2.05) is 0 Å². The van der Waals surface area contributed by atoms with Gasteiger partial charge in [-0.3, -0.25) is 8.37 Å². The van der Waals surface area contributed by atoms with E-state index in [0.29, 0.717) is 0 Å². The molecule has 4 fully saturated rings. The van der Waals surface area contributed by atoms with Gasteiger partial charge in [0.05, 0.1) is 71.8 Å². The van der Waals surface area contributed by atoms with E-state index in [0.717, 1.165) is 0 Å². The van der Waals surface area contributed by atoms with Gasteiger partial charge >= 0.3 is 177 Å². The Balaban J connectivity index is -0.0000167. The molecule has 0 aliphatic carbocycles. The van der Waals surface area contributed by atoms with Crippen molar-refractivity contribution in [3.63, 3.8) is 0 Å². The predicted octanol–water partition coefficient (Wildman–Crippen LogP) is -16.3. The van der Waals surface area contributed by atoms with Gasteiger partial charge in [0.15, 0.2) is 20.6 Å². The van der Waals surface area contributed by atoms with Crippen molar-refractivity contribution in [3.8, 4) is 0 Å². The molecule has 103 heavy (non-hydrogen) atoms. The van der Waals surface area contributed by atoms with Gasteiger partial charge in [0, 0.05) is 80.1 Å². The molecule has 4 heterocycles. The molecule has 5 N–H and O–H groups in total. The Morgan fingerprint density at radius 1 is 0.369 bits per heavy atom. The standard InChI is InChI=1S/C62H116N2O29S4.6Na/c1-26-46(8)56(18,41(65)66)93-51(13,62(24,71)61(46,23)70)31-36-86-33-28-48(10)44(4,5)59(21,64-95(75,76)77)55(17,91-53(48,15)40-89-97(81,82)83)38-87-34-29-49(11)57(19,42(67)68)92-50(12,45(6,7)60(49,22)69)30-35-85-32-27-47(9)43(2,3)58(20,63-94(72,73)74)54(16,37-84-25)90-52(47,14)39-88-96(78,79)80;;;;;;/h63-64,69-71H,26-40H2,1-25H3,(H,65,66)(H,67,68)(H,72,73,74)(H,75,76,77)(H,78,79,80)(H,81,82,83);;;;;;/q;6*+1/p-6. The van der Waals surface area contributed by atoms with E-state index in [1.165, 1.54) is 104 Å². The van der Waals surface area contributed by atoms with E-state index in [9.17, 15) is 87.0 Å². The quantitative estimate of drug-likeness (QED) is 0.0181. The maximum Gasteiger partial charge on any atom is 1.00 e. The molecule has 41 heteroatoms. The van der Waals surface area contributed by atoms with Gasteiger partial charge in [0.1, 0.15) is 39.2 Å². The molecule has 0 saturated carbocycles. The summed E-state index contributed by atoms with van der Waals surface area (Å²) in [5, 5.41) is 63.7. The molecule has 0 aromatic rings. The fourth-order valence-corrected chi connectivity index (χ4v) is 20.1. The second-order valence-electron chi connectivity index (χ2n) is 32.4. The predicted molar refractivity (Wildman–Crippen MR) is 339 cm³/mol. The van der Waals surface area contributed by atoms with Gasteiger partial charge in [-0.2, -0.15) is 0 Å². The van der Waals surface area contributed by atoms with Gasteiger partial charge in [-0.1, -0.05) is 76.2 Å². The van der Waals surface area contributed by atoms with E-state index >= 15 is 0 Å². The first-order valence-electron chi connectivity index (χ1n) is 32.1. The largest absolute Gasteiger partial charge is 1.00 e. The second kappa shape index (κ2) is 35.7. The summed E-state index contributed by atoms with van der Waals surface area (Å²) in [7, 11) is -20.2. The summed E-state index contributed by atoms with van der Waals surface area (Å²) >= 11 is 0. The van der Waals surface area contributed by atoms with Crippen LogP contribution in [0.2, 0.25) is 0 Å². The number of hydrogen-bond donors (Lipinski definition) is 5.